The third kappa shape index (κ3) is 3.42. The van der Waals surface area contributed by atoms with Crippen molar-refractivity contribution in [2.45, 2.75) is 18.8 Å². The van der Waals surface area contributed by atoms with E-state index in [0.717, 1.165) is 18.5 Å². The number of sulfonamides is 1. The highest BCUT2D eigenvalue weighted by Gasteiger charge is 2.26. The average Bonchev–Trinajstić information content (AvgIpc) is 2.38. The minimum absolute atomic E-state index is 0.319. The monoisotopic (exact) mass is 284 g/mol. The first-order valence-electron chi connectivity index (χ1n) is 6.33. The van der Waals surface area contributed by atoms with Crippen LogP contribution in [-0.2, 0) is 10.0 Å². The molecule has 0 saturated carbocycles. The molecule has 7 heteroatoms. The SMILES string of the molecule is CN(C)c1nccc(C2CCN(S(C)(=O)=O)CC2)n1. The lowest BCUT2D eigenvalue weighted by molar-refractivity contribution is 0.318. The van der Waals surface area contributed by atoms with E-state index in [0.29, 0.717) is 25.0 Å². The summed E-state index contributed by atoms with van der Waals surface area (Å²) in [4.78, 5) is 10.6. The molecule has 1 aliphatic rings. The quantitative estimate of drug-likeness (QED) is 0.816. The zero-order valence-corrected chi connectivity index (χ0v) is 12.4. The minimum Gasteiger partial charge on any atom is -0.347 e. The number of rotatable bonds is 3. The van der Waals surface area contributed by atoms with Crippen molar-refractivity contribution in [2.75, 3.05) is 38.3 Å². The first kappa shape index (κ1) is 14.2. The van der Waals surface area contributed by atoms with Gasteiger partial charge in [-0.25, -0.2) is 22.7 Å². The number of piperidine rings is 1. The Morgan fingerprint density at radius 2 is 1.95 bits per heavy atom. The number of aromatic nitrogens is 2. The highest BCUT2D eigenvalue weighted by atomic mass is 32.2. The fraction of sp³-hybridized carbons (Fsp3) is 0.667. The van der Waals surface area contributed by atoms with Gasteiger partial charge in [-0.3, -0.25) is 0 Å². The second-order valence-corrected chi connectivity index (χ2v) is 7.09. The molecule has 0 bridgehead atoms. The van der Waals surface area contributed by atoms with Crippen LogP contribution in [0.5, 0.6) is 0 Å². The van der Waals surface area contributed by atoms with Crippen LogP contribution in [0.4, 0.5) is 5.95 Å². The second kappa shape index (κ2) is 5.42. The molecule has 1 fully saturated rings. The van der Waals surface area contributed by atoms with Crippen LogP contribution in [0.2, 0.25) is 0 Å². The summed E-state index contributed by atoms with van der Waals surface area (Å²) in [6.07, 6.45) is 4.66. The molecule has 0 aliphatic carbocycles. The Morgan fingerprint density at radius 1 is 1.32 bits per heavy atom. The Kier molecular flexibility index (Phi) is 4.05. The summed E-state index contributed by atoms with van der Waals surface area (Å²) in [5.74, 6) is 1.02. The van der Waals surface area contributed by atoms with Crippen LogP contribution >= 0.6 is 0 Å². The van der Waals surface area contributed by atoms with Crippen molar-refractivity contribution >= 4 is 16.0 Å². The Bertz CT molecular complexity index is 536. The van der Waals surface area contributed by atoms with Gasteiger partial charge in [0.15, 0.2) is 0 Å². The molecule has 0 spiro atoms. The Morgan fingerprint density at radius 3 is 2.47 bits per heavy atom. The number of anilines is 1. The lowest BCUT2D eigenvalue weighted by atomic mass is 9.94. The molecule has 0 atom stereocenters. The van der Waals surface area contributed by atoms with Crippen LogP contribution in [0, 0.1) is 0 Å². The van der Waals surface area contributed by atoms with Crippen molar-refractivity contribution in [3.63, 3.8) is 0 Å². The van der Waals surface area contributed by atoms with Gasteiger partial charge >= 0.3 is 0 Å². The average molecular weight is 284 g/mol. The van der Waals surface area contributed by atoms with Crippen LogP contribution < -0.4 is 4.90 Å². The fourth-order valence-electron chi connectivity index (χ4n) is 2.29. The van der Waals surface area contributed by atoms with E-state index in [9.17, 15) is 8.42 Å². The predicted molar refractivity (Wildman–Crippen MR) is 74.8 cm³/mol. The Labute approximate surface area is 114 Å². The van der Waals surface area contributed by atoms with E-state index in [1.54, 1.807) is 6.20 Å². The van der Waals surface area contributed by atoms with E-state index >= 15 is 0 Å². The van der Waals surface area contributed by atoms with Gasteiger partial charge in [-0.15, -0.1) is 0 Å². The lowest BCUT2D eigenvalue weighted by Gasteiger charge is -2.30. The van der Waals surface area contributed by atoms with Gasteiger partial charge in [0, 0.05) is 45.0 Å². The van der Waals surface area contributed by atoms with Gasteiger partial charge in [0.05, 0.1) is 6.26 Å². The first-order chi connectivity index (χ1) is 8.88. The topological polar surface area (TPSA) is 66.4 Å². The van der Waals surface area contributed by atoms with Gasteiger partial charge in [-0.2, -0.15) is 0 Å². The van der Waals surface area contributed by atoms with Crippen molar-refractivity contribution in [1.82, 2.24) is 14.3 Å². The highest BCUT2D eigenvalue weighted by molar-refractivity contribution is 7.88. The van der Waals surface area contributed by atoms with Crippen LogP contribution in [-0.4, -0.2) is 56.1 Å². The molecule has 2 rings (SSSR count). The second-order valence-electron chi connectivity index (χ2n) is 5.11. The largest absolute Gasteiger partial charge is 0.347 e. The van der Waals surface area contributed by atoms with Gasteiger partial charge in [0.25, 0.3) is 0 Å². The Balaban J connectivity index is 2.07. The number of nitrogens with zero attached hydrogens (tertiary/aromatic N) is 4. The van der Waals surface area contributed by atoms with E-state index in [1.807, 2.05) is 25.1 Å². The molecule has 0 unspecified atom stereocenters. The summed E-state index contributed by atoms with van der Waals surface area (Å²) < 4.78 is 24.5. The van der Waals surface area contributed by atoms with Crippen LogP contribution in [0.15, 0.2) is 12.3 Å². The zero-order chi connectivity index (χ0) is 14.0. The van der Waals surface area contributed by atoms with Gasteiger partial charge in [-0.1, -0.05) is 0 Å². The van der Waals surface area contributed by atoms with Gasteiger partial charge in [0.2, 0.25) is 16.0 Å². The van der Waals surface area contributed by atoms with E-state index in [-0.39, 0.29) is 0 Å². The smallest absolute Gasteiger partial charge is 0.224 e. The summed E-state index contributed by atoms with van der Waals surface area (Å²) in [7, 11) is 0.755. The molecular weight excluding hydrogens is 264 g/mol. The molecule has 1 aromatic heterocycles. The van der Waals surface area contributed by atoms with E-state index in [4.69, 9.17) is 0 Å². The Hall–Kier alpha value is -1.21. The van der Waals surface area contributed by atoms with Crippen molar-refractivity contribution in [2.24, 2.45) is 0 Å². The van der Waals surface area contributed by atoms with Crippen molar-refractivity contribution in [1.29, 1.82) is 0 Å². The zero-order valence-electron chi connectivity index (χ0n) is 11.6. The molecule has 1 saturated heterocycles. The number of hydrogen-bond donors (Lipinski definition) is 0. The maximum atomic E-state index is 11.5. The molecule has 0 N–H and O–H groups in total. The van der Waals surface area contributed by atoms with Crippen LogP contribution in [0.3, 0.4) is 0 Å². The summed E-state index contributed by atoms with van der Waals surface area (Å²) in [5.41, 5.74) is 1.01. The van der Waals surface area contributed by atoms with Crippen LogP contribution in [0.1, 0.15) is 24.5 Å². The van der Waals surface area contributed by atoms with Gasteiger partial charge < -0.3 is 4.90 Å². The fourth-order valence-corrected chi connectivity index (χ4v) is 3.16. The lowest BCUT2D eigenvalue weighted by Crippen LogP contribution is -2.37. The number of hydrogen-bond acceptors (Lipinski definition) is 5. The molecule has 0 amide bonds. The summed E-state index contributed by atoms with van der Waals surface area (Å²) in [6, 6.07) is 1.92. The maximum Gasteiger partial charge on any atom is 0.224 e. The van der Waals surface area contributed by atoms with E-state index < -0.39 is 10.0 Å². The third-order valence-electron chi connectivity index (χ3n) is 3.41. The molecule has 0 aromatic carbocycles. The van der Waals surface area contributed by atoms with E-state index in [2.05, 4.69) is 9.97 Å². The molecule has 1 aliphatic heterocycles. The van der Waals surface area contributed by atoms with Crippen LogP contribution in [0.25, 0.3) is 0 Å². The highest BCUT2D eigenvalue weighted by Crippen LogP contribution is 2.28. The minimum atomic E-state index is -3.06. The van der Waals surface area contributed by atoms with Gasteiger partial charge in [-0.05, 0) is 18.9 Å². The first-order valence-corrected chi connectivity index (χ1v) is 8.18. The van der Waals surface area contributed by atoms with E-state index in [1.165, 1.54) is 10.6 Å². The third-order valence-corrected chi connectivity index (χ3v) is 4.71. The normalized spacial score (nSPS) is 18.5. The van der Waals surface area contributed by atoms with Crippen molar-refractivity contribution in [3.05, 3.63) is 18.0 Å². The molecule has 0 radical (unpaired) electrons. The molecule has 19 heavy (non-hydrogen) atoms. The summed E-state index contributed by atoms with van der Waals surface area (Å²) in [5, 5.41) is 0. The molecule has 2 heterocycles. The van der Waals surface area contributed by atoms with Crippen molar-refractivity contribution < 1.29 is 8.42 Å². The summed E-state index contributed by atoms with van der Waals surface area (Å²) >= 11 is 0. The standard InChI is InChI=1S/C12H20N4O2S/c1-15(2)12-13-7-4-11(14-12)10-5-8-16(9-6-10)19(3,17)18/h4,7,10H,5-6,8-9H2,1-3H3. The maximum absolute atomic E-state index is 11.5. The van der Waals surface area contributed by atoms with Crippen molar-refractivity contribution in [3.8, 4) is 0 Å². The molecule has 6 nitrogen and oxygen atoms in total. The van der Waals surface area contributed by atoms with Gasteiger partial charge in [0.1, 0.15) is 0 Å². The predicted octanol–water partition coefficient (Wildman–Crippen LogP) is 0.682. The molecular formula is C12H20N4O2S. The summed E-state index contributed by atoms with van der Waals surface area (Å²) in [6.45, 7) is 1.15. The molecule has 106 valence electrons. The molecule has 1 aromatic rings.